The predicted molar refractivity (Wildman–Crippen MR) is 143 cm³/mol. The quantitative estimate of drug-likeness (QED) is 0.497. The molecule has 4 aliphatic rings. The number of aliphatic hydroxyl groups is 1. The van der Waals surface area contributed by atoms with Crippen LogP contribution >= 0.6 is 0 Å². The van der Waals surface area contributed by atoms with E-state index < -0.39 is 26.0 Å². The van der Waals surface area contributed by atoms with Crippen LogP contribution in [0.15, 0.2) is 57.0 Å². The zero-order chi connectivity index (χ0) is 27.9. The van der Waals surface area contributed by atoms with Crippen LogP contribution in [-0.2, 0) is 31.4 Å². The minimum atomic E-state index is -4.35. The third kappa shape index (κ3) is 4.37. The van der Waals surface area contributed by atoms with Gasteiger partial charge in [0.2, 0.25) is 10.0 Å². The molecule has 0 saturated heterocycles. The summed E-state index contributed by atoms with van der Waals surface area (Å²) in [5.41, 5.74) is 1.12. The Balaban J connectivity index is 1.41. The van der Waals surface area contributed by atoms with Crippen molar-refractivity contribution in [2.45, 2.75) is 43.7 Å². The summed E-state index contributed by atoms with van der Waals surface area (Å²) in [5, 5.41) is 14.3. The number of carbonyl (C=O) groups is 1. The molecule has 10 nitrogen and oxygen atoms in total. The topological polar surface area (TPSA) is 145 Å². The molecule has 2 aliphatic carbocycles. The van der Waals surface area contributed by atoms with Crippen LogP contribution in [0.3, 0.4) is 0 Å². The summed E-state index contributed by atoms with van der Waals surface area (Å²) in [6.45, 7) is 1.83. The maximum absolute atomic E-state index is 14.0. The van der Waals surface area contributed by atoms with Crippen LogP contribution in [0.1, 0.15) is 30.4 Å². The molecule has 206 valence electrons. The van der Waals surface area contributed by atoms with Gasteiger partial charge in [-0.2, -0.15) is 8.42 Å². The number of sulfonamides is 2. The molecule has 0 radical (unpaired) electrons. The zero-order valence-electron chi connectivity index (χ0n) is 21.2. The first-order valence-electron chi connectivity index (χ1n) is 12.6. The first-order chi connectivity index (χ1) is 18.3. The number of anilines is 2. The van der Waals surface area contributed by atoms with Gasteiger partial charge < -0.3 is 15.3 Å². The molecule has 2 aliphatic heterocycles. The van der Waals surface area contributed by atoms with Gasteiger partial charge in [0.15, 0.2) is 5.84 Å². The number of hydrogen-bond acceptors (Lipinski definition) is 7. The van der Waals surface area contributed by atoms with Crippen molar-refractivity contribution < 1.29 is 31.1 Å². The van der Waals surface area contributed by atoms with E-state index in [1.165, 1.54) is 18.2 Å². The highest BCUT2D eigenvalue weighted by Crippen LogP contribution is 2.55. The molecule has 0 aromatic heterocycles. The molecule has 2 fully saturated rings. The Morgan fingerprint density at radius 3 is 2.64 bits per heavy atom. The fourth-order valence-electron chi connectivity index (χ4n) is 6.60. The minimum absolute atomic E-state index is 0.0432. The van der Waals surface area contributed by atoms with Crippen molar-refractivity contribution in [3.8, 4) is 0 Å². The Hall–Kier alpha value is -3.45. The summed E-state index contributed by atoms with van der Waals surface area (Å²) >= 11 is 0. The average molecular weight is 575 g/mol. The van der Waals surface area contributed by atoms with E-state index in [-0.39, 0.29) is 69.6 Å². The van der Waals surface area contributed by atoms with Crippen molar-refractivity contribution in [1.29, 1.82) is 0 Å². The van der Waals surface area contributed by atoms with Crippen LogP contribution in [0.25, 0.3) is 0 Å². The number of carbonyl (C=O) groups excluding carboxylic acids is 1. The first kappa shape index (κ1) is 25.8. The molecular formula is C26H27FN4O6S2. The van der Waals surface area contributed by atoms with E-state index in [0.29, 0.717) is 5.56 Å². The van der Waals surface area contributed by atoms with Gasteiger partial charge in [-0.1, -0.05) is 12.1 Å². The monoisotopic (exact) mass is 574 g/mol. The van der Waals surface area contributed by atoms with Crippen LogP contribution in [0.2, 0.25) is 0 Å². The number of amides is 1. The molecular weight excluding hydrogens is 547 g/mol. The number of benzene rings is 2. The smallest absolute Gasteiger partial charge is 0.286 e. The molecule has 6 rings (SSSR count). The molecule has 2 saturated carbocycles. The summed E-state index contributed by atoms with van der Waals surface area (Å²) in [5.74, 6) is -1.34. The molecule has 39 heavy (non-hydrogen) atoms. The maximum Gasteiger partial charge on any atom is 0.286 e. The summed E-state index contributed by atoms with van der Waals surface area (Å²) in [6.07, 6.45) is 3.64. The van der Waals surface area contributed by atoms with E-state index in [1.54, 1.807) is 24.0 Å². The van der Waals surface area contributed by atoms with Crippen molar-refractivity contribution in [2.75, 3.05) is 16.3 Å². The van der Waals surface area contributed by atoms with E-state index in [9.17, 15) is 31.1 Å². The fraction of sp³-hybridized carbons (Fsp3) is 0.385. The average Bonchev–Trinajstić information content (AvgIpc) is 3.46. The molecule has 2 unspecified atom stereocenters. The number of hydrogen-bond donors (Lipinski definition) is 3. The van der Waals surface area contributed by atoms with Crippen molar-refractivity contribution in [3.63, 3.8) is 0 Å². The highest BCUT2D eigenvalue weighted by molar-refractivity contribution is 7.92. The number of nitrogens with one attached hydrogen (secondary N) is 2. The van der Waals surface area contributed by atoms with Gasteiger partial charge in [-0.15, -0.1) is 4.40 Å². The Labute approximate surface area is 225 Å². The molecule has 2 bridgehead atoms. The van der Waals surface area contributed by atoms with Crippen LogP contribution in [0.5, 0.6) is 0 Å². The molecule has 2 heterocycles. The van der Waals surface area contributed by atoms with Crippen molar-refractivity contribution in [1.82, 2.24) is 4.90 Å². The summed E-state index contributed by atoms with van der Waals surface area (Å²) < 4.78 is 69.6. The molecule has 4 atom stereocenters. The number of rotatable bonds is 5. The predicted octanol–water partition coefficient (Wildman–Crippen LogP) is 3.29. The Morgan fingerprint density at radius 1 is 1.18 bits per heavy atom. The largest absolute Gasteiger partial charge is 0.511 e. The SMILES string of the molecule is Cc1cc(CN2C(=O)C(C3=NS(=O)(=O)c4cc(NS(C)(=O)=O)ccc4N3)=C(O)C3C2[C@H]2CC[C@@H]3C2)ccc1F. The molecule has 0 spiro atoms. The lowest BCUT2D eigenvalue weighted by Gasteiger charge is -2.44. The molecule has 13 heteroatoms. The van der Waals surface area contributed by atoms with Gasteiger partial charge in [-0.25, -0.2) is 12.8 Å². The third-order valence-corrected chi connectivity index (χ3v) is 10.0. The van der Waals surface area contributed by atoms with Gasteiger partial charge in [0, 0.05) is 24.2 Å². The van der Waals surface area contributed by atoms with Crippen LogP contribution in [0.4, 0.5) is 15.8 Å². The van der Waals surface area contributed by atoms with E-state index in [4.69, 9.17) is 0 Å². The van der Waals surface area contributed by atoms with Gasteiger partial charge in [0.1, 0.15) is 22.0 Å². The van der Waals surface area contributed by atoms with Gasteiger partial charge in [-0.05, 0) is 73.4 Å². The van der Waals surface area contributed by atoms with Crippen LogP contribution in [0, 0.1) is 30.5 Å². The van der Waals surface area contributed by atoms with E-state index in [2.05, 4.69) is 14.4 Å². The molecule has 2 aromatic rings. The number of nitrogens with zero attached hydrogens (tertiary/aromatic N) is 2. The number of fused-ring (bicyclic) bond motifs is 6. The highest BCUT2D eigenvalue weighted by Gasteiger charge is 2.57. The summed E-state index contributed by atoms with van der Waals surface area (Å²) in [7, 11) is -8.00. The number of amidine groups is 1. The third-order valence-electron chi connectivity index (χ3n) is 8.12. The van der Waals surface area contributed by atoms with Gasteiger partial charge in [0.25, 0.3) is 15.9 Å². The molecule has 2 aromatic carbocycles. The highest BCUT2D eigenvalue weighted by atomic mass is 32.2. The van der Waals surface area contributed by atoms with Crippen molar-refractivity contribution in [2.24, 2.45) is 22.2 Å². The first-order valence-corrected chi connectivity index (χ1v) is 15.9. The number of aryl methyl sites for hydroxylation is 1. The second-order valence-corrected chi connectivity index (χ2v) is 14.1. The lowest BCUT2D eigenvalue weighted by Crippen LogP contribution is -2.53. The maximum atomic E-state index is 14.0. The molecule has 3 N–H and O–H groups in total. The Kier molecular flexibility index (Phi) is 5.81. The van der Waals surface area contributed by atoms with Crippen molar-refractivity contribution >= 4 is 43.2 Å². The standard InChI is InChI=1S/C26H27FN4O6S2/c1-13-9-14(3-7-18(13)27)12-31-23-16-5-4-15(10-16)21(23)24(32)22(26(31)33)25-28-19-8-6-17(29-38(2,34)35)11-20(19)39(36,37)30-25/h3,6-9,11,15-16,21,23,29,32H,4-5,10,12H2,1-2H3,(H,28,30)/t15-,16+,21?,23?/m1/s1. The minimum Gasteiger partial charge on any atom is -0.511 e. The second kappa shape index (κ2) is 8.78. The van der Waals surface area contributed by atoms with Crippen LogP contribution in [-0.4, -0.2) is 50.9 Å². The fourth-order valence-corrected chi connectivity index (χ4v) is 8.30. The lowest BCUT2D eigenvalue weighted by atomic mass is 9.77. The van der Waals surface area contributed by atoms with Gasteiger partial charge in [-0.3, -0.25) is 9.52 Å². The lowest BCUT2D eigenvalue weighted by molar-refractivity contribution is -0.134. The summed E-state index contributed by atoms with van der Waals surface area (Å²) in [6, 6.07) is 8.32. The number of aliphatic hydroxyl groups excluding tert-OH is 1. The van der Waals surface area contributed by atoms with Gasteiger partial charge in [0.05, 0.1) is 11.9 Å². The number of halogens is 1. The Morgan fingerprint density at radius 2 is 1.92 bits per heavy atom. The molecule has 1 amide bonds. The van der Waals surface area contributed by atoms with E-state index >= 15 is 0 Å². The van der Waals surface area contributed by atoms with E-state index in [0.717, 1.165) is 37.1 Å². The second-order valence-electron chi connectivity index (χ2n) is 10.8. The van der Waals surface area contributed by atoms with Gasteiger partial charge >= 0.3 is 0 Å². The zero-order valence-corrected chi connectivity index (χ0v) is 22.8. The normalized spacial score (nSPS) is 27.1. The Bertz CT molecular complexity index is 1700. The summed E-state index contributed by atoms with van der Waals surface area (Å²) in [4.78, 5) is 15.4. The van der Waals surface area contributed by atoms with E-state index in [1.807, 2.05) is 0 Å². The van der Waals surface area contributed by atoms with Crippen molar-refractivity contribution in [3.05, 3.63) is 64.7 Å². The van der Waals surface area contributed by atoms with Crippen LogP contribution < -0.4 is 10.0 Å².